The van der Waals surface area contributed by atoms with Crippen LogP contribution in [0, 0.1) is 11.3 Å². The highest BCUT2D eigenvalue weighted by Crippen LogP contribution is 2.28. The molecule has 1 aliphatic rings. The Labute approximate surface area is 108 Å². The lowest BCUT2D eigenvalue weighted by Gasteiger charge is -2.36. The molecular weight excluding hydrogens is 234 g/mol. The third kappa shape index (κ3) is 3.45. The van der Waals surface area contributed by atoms with Crippen LogP contribution in [0.15, 0.2) is 0 Å². The monoisotopic (exact) mass is 257 g/mol. The summed E-state index contributed by atoms with van der Waals surface area (Å²) >= 11 is 0. The van der Waals surface area contributed by atoms with Crippen LogP contribution in [0.25, 0.3) is 0 Å². The fraction of sp³-hybridized carbons (Fsp3) is 0.846. The standard InChI is InChI=1S/C13H23NO4/c1-13(2,3)12(17)14-8-6-5-7-9(18-4)10(8)11(15)16/h8-10H,5-7H2,1-4H3,(H,14,17)(H,15,16). The largest absolute Gasteiger partial charge is 0.481 e. The SMILES string of the molecule is COC1CCCC(NC(=O)C(C)(C)C)C1C(=O)O. The minimum absolute atomic E-state index is 0.115. The number of carbonyl (C=O) groups excluding carboxylic acids is 1. The highest BCUT2D eigenvalue weighted by atomic mass is 16.5. The fourth-order valence-corrected chi connectivity index (χ4v) is 2.30. The van der Waals surface area contributed by atoms with Gasteiger partial charge in [0.2, 0.25) is 5.91 Å². The molecule has 3 atom stereocenters. The Hall–Kier alpha value is -1.10. The maximum absolute atomic E-state index is 12.0. The van der Waals surface area contributed by atoms with Crippen LogP contribution < -0.4 is 5.32 Å². The quantitative estimate of drug-likeness (QED) is 0.801. The van der Waals surface area contributed by atoms with Gasteiger partial charge in [-0.3, -0.25) is 9.59 Å². The van der Waals surface area contributed by atoms with Gasteiger partial charge in [0.1, 0.15) is 5.92 Å². The molecule has 1 aliphatic carbocycles. The topological polar surface area (TPSA) is 75.6 Å². The Balaban J connectivity index is 2.78. The van der Waals surface area contributed by atoms with E-state index in [1.54, 1.807) is 0 Å². The van der Waals surface area contributed by atoms with Crippen LogP contribution in [-0.4, -0.2) is 36.2 Å². The van der Waals surface area contributed by atoms with Gasteiger partial charge in [0.15, 0.2) is 0 Å². The molecule has 1 fully saturated rings. The first kappa shape index (κ1) is 15.0. The van der Waals surface area contributed by atoms with Crippen LogP contribution in [0.2, 0.25) is 0 Å². The van der Waals surface area contributed by atoms with E-state index >= 15 is 0 Å². The molecule has 5 nitrogen and oxygen atoms in total. The Morgan fingerprint density at radius 2 is 1.89 bits per heavy atom. The fourth-order valence-electron chi connectivity index (χ4n) is 2.30. The van der Waals surface area contributed by atoms with Crippen molar-refractivity contribution in [1.82, 2.24) is 5.32 Å². The number of aliphatic carboxylic acids is 1. The average Bonchev–Trinajstić information content (AvgIpc) is 2.26. The summed E-state index contributed by atoms with van der Waals surface area (Å²) in [6, 6.07) is -0.340. The minimum Gasteiger partial charge on any atom is -0.481 e. The summed E-state index contributed by atoms with van der Waals surface area (Å²) < 4.78 is 5.23. The normalized spacial score (nSPS) is 28.8. The molecule has 0 aromatic heterocycles. The summed E-state index contributed by atoms with van der Waals surface area (Å²) in [4.78, 5) is 23.3. The van der Waals surface area contributed by atoms with Crippen LogP contribution in [0.1, 0.15) is 40.0 Å². The molecule has 0 bridgehead atoms. The molecule has 2 N–H and O–H groups in total. The molecule has 0 aromatic rings. The van der Waals surface area contributed by atoms with E-state index in [1.165, 1.54) is 7.11 Å². The minimum atomic E-state index is -0.902. The highest BCUT2D eigenvalue weighted by molar-refractivity contribution is 5.82. The number of nitrogens with one attached hydrogen (secondary N) is 1. The van der Waals surface area contributed by atoms with Crippen LogP contribution in [0.5, 0.6) is 0 Å². The van der Waals surface area contributed by atoms with Crippen molar-refractivity contribution < 1.29 is 19.4 Å². The number of carboxylic acid groups (broad SMARTS) is 1. The lowest BCUT2D eigenvalue weighted by molar-refractivity contribution is -0.151. The predicted molar refractivity (Wildman–Crippen MR) is 67.2 cm³/mol. The maximum atomic E-state index is 12.0. The molecule has 0 aliphatic heterocycles. The van der Waals surface area contributed by atoms with Crippen molar-refractivity contribution in [2.75, 3.05) is 7.11 Å². The number of hydrogen-bond acceptors (Lipinski definition) is 3. The lowest BCUT2D eigenvalue weighted by Crippen LogP contribution is -2.53. The van der Waals surface area contributed by atoms with E-state index < -0.39 is 17.3 Å². The van der Waals surface area contributed by atoms with Crippen molar-refractivity contribution in [2.24, 2.45) is 11.3 Å². The predicted octanol–water partition coefficient (Wildman–Crippen LogP) is 1.42. The second-order valence-corrected chi connectivity index (χ2v) is 5.90. The maximum Gasteiger partial charge on any atom is 0.311 e. The van der Waals surface area contributed by atoms with Gasteiger partial charge < -0.3 is 15.2 Å². The van der Waals surface area contributed by atoms with Gasteiger partial charge in [-0.2, -0.15) is 0 Å². The van der Waals surface area contributed by atoms with Crippen molar-refractivity contribution >= 4 is 11.9 Å². The molecule has 0 saturated heterocycles. The third-order valence-corrected chi connectivity index (χ3v) is 3.42. The number of carboxylic acids is 1. The zero-order valence-electron chi connectivity index (χ0n) is 11.5. The molecule has 1 rings (SSSR count). The van der Waals surface area contributed by atoms with Crippen LogP contribution in [-0.2, 0) is 14.3 Å². The highest BCUT2D eigenvalue weighted by Gasteiger charge is 2.40. The number of carbonyl (C=O) groups is 2. The third-order valence-electron chi connectivity index (χ3n) is 3.42. The molecule has 18 heavy (non-hydrogen) atoms. The van der Waals surface area contributed by atoms with Gasteiger partial charge in [0, 0.05) is 18.6 Å². The average molecular weight is 257 g/mol. The van der Waals surface area contributed by atoms with E-state index in [-0.39, 0.29) is 18.1 Å². The van der Waals surface area contributed by atoms with Gasteiger partial charge in [-0.05, 0) is 19.3 Å². The first-order chi connectivity index (χ1) is 8.27. The molecule has 104 valence electrons. The molecule has 0 aromatic carbocycles. The second kappa shape index (κ2) is 5.69. The van der Waals surface area contributed by atoms with E-state index in [4.69, 9.17) is 4.74 Å². The summed E-state index contributed by atoms with van der Waals surface area (Å²) in [6.45, 7) is 5.44. The summed E-state index contributed by atoms with van der Waals surface area (Å²) in [7, 11) is 1.52. The molecule has 5 heteroatoms. The van der Waals surface area contributed by atoms with Crippen molar-refractivity contribution in [1.29, 1.82) is 0 Å². The number of hydrogen-bond donors (Lipinski definition) is 2. The zero-order chi connectivity index (χ0) is 13.9. The first-order valence-electron chi connectivity index (χ1n) is 6.34. The Kier molecular flexibility index (Phi) is 4.73. The van der Waals surface area contributed by atoms with Gasteiger partial charge in [-0.15, -0.1) is 0 Å². The van der Waals surface area contributed by atoms with Crippen molar-refractivity contribution in [3.05, 3.63) is 0 Å². The van der Waals surface area contributed by atoms with Crippen molar-refractivity contribution in [3.8, 4) is 0 Å². The first-order valence-corrected chi connectivity index (χ1v) is 6.34. The molecule has 1 saturated carbocycles. The number of amides is 1. The van der Waals surface area contributed by atoms with Gasteiger partial charge in [0.25, 0.3) is 0 Å². The molecule has 0 heterocycles. The molecular formula is C13H23NO4. The Morgan fingerprint density at radius 1 is 1.28 bits per heavy atom. The molecule has 3 unspecified atom stereocenters. The van der Waals surface area contributed by atoms with Crippen molar-refractivity contribution in [3.63, 3.8) is 0 Å². The van der Waals surface area contributed by atoms with Crippen LogP contribution in [0.4, 0.5) is 0 Å². The summed E-state index contributed by atoms with van der Waals surface area (Å²) in [5, 5.41) is 12.1. The number of methoxy groups -OCH3 is 1. The smallest absolute Gasteiger partial charge is 0.311 e. The summed E-state index contributed by atoms with van der Waals surface area (Å²) in [5.41, 5.74) is -0.511. The van der Waals surface area contributed by atoms with E-state index in [1.807, 2.05) is 20.8 Å². The van der Waals surface area contributed by atoms with Gasteiger partial charge in [-0.1, -0.05) is 20.8 Å². The van der Waals surface area contributed by atoms with Gasteiger partial charge in [-0.25, -0.2) is 0 Å². The van der Waals surface area contributed by atoms with E-state index in [2.05, 4.69) is 5.32 Å². The molecule has 0 radical (unpaired) electrons. The summed E-state index contributed by atoms with van der Waals surface area (Å²) in [6.07, 6.45) is 1.98. The van der Waals surface area contributed by atoms with Gasteiger partial charge >= 0.3 is 5.97 Å². The van der Waals surface area contributed by atoms with Crippen LogP contribution >= 0.6 is 0 Å². The Bertz CT molecular complexity index is 321. The molecule has 1 amide bonds. The second-order valence-electron chi connectivity index (χ2n) is 5.90. The van der Waals surface area contributed by atoms with E-state index in [9.17, 15) is 14.7 Å². The van der Waals surface area contributed by atoms with Crippen LogP contribution in [0.3, 0.4) is 0 Å². The van der Waals surface area contributed by atoms with Crippen molar-refractivity contribution in [2.45, 2.75) is 52.2 Å². The lowest BCUT2D eigenvalue weighted by atomic mass is 9.81. The van der Waals surface area contributed by atoms with E-state index in [0.717, 1.165) is 12.8 Å². The van der Waals surface area contributed by atoms with E-state index in [0.29, 0.717) is 6.42 Å². The summed E-state index contributed by atoms with van der Waals surface area (Å²) in [5.74, 6) is -1.67. The number of rotatable bonds is 3. The Morgan fingerprint density at radius 3 is 2.33 bits per heavy atom. The number of ether oxygens (including phenoxy) is 1. The van der Waals surface area contributed by atoms with Gasteiger partial charge in [0.05, 0.1) is 6.10 Å². The zero-order valence-corrected chi connectivity index (χ0v) is 11.5. The molecule has 0 spiro atoms.